The monoisotopic (exact) mass is 237 g/mol. The zero-order chi connectivity index (χ0) is 12.1. The molecule has 1 aromatic rings. The van der Waals surface area contributed by atoms with Crippen LogP contribution in [0.3, 0.4) is 0 Å². The van der Waals surface area contributed by atoms with Gasteiger partial charge >= 0.3 is 0 Å². The lowest BCUT2D eigenvalue weighted by molar-refractivity contribution is 0.0745. The van der Waals surface area contributed by atoms with Gasteiger partial charge in [0, 0.05) is 30.9 Å². The predicted octanol–water partition coefficient (Wildman–Crippen LogP) is 3.05. The fraction of sp³-hybridized carbons (Fsp3) is 0.571. The molecule has 1 aliphatic rings. The Bertz CT molecular complexity index is 350. The summed E-state index contributed by atoms with van der Waals surface area (Å²) in [4.78, 5) is 0. The number of ether oxygens (including phenoxy) is 1. The van der Waals surface area contributed by atoms with Gasteiger partial charge in [-0.25, -0.2) is 4.39 Å². The molecular formula is C14H20FNO. The minimum absolute atomic E-state index is 0.110. The van der Waals surface area contributed by atoms with Crippen LogP contribution in [-0.2, 0) is 4.74 Å². The van der Waals surface area contributed by atoms with Crippen LogP contribution in [0.25, 0.3) is 0 Å². The van der Waals surface area contributed by atoms with Gasteiger partial charge in [-0.2, -0.15) is 0 Å². The fourth-order valence-corrected chi connectivity index (χ4v) is 2.33. The van der Waals surface area contributed by atoms with Crippen molar-refractivity contribution in [1.82, 2.24) is 5.32 Å². The molecule has 1 N–H and O–H groups in total. The predicted molar refractivity (Wildman–Crippen MR) is 66.4 cm³/mol. The van der Waals surface area contributed by atoms with Crippen molar-refractivity contribution in [2.75, 3.05) is 13.2 Å². The number of hydrogen-bond acceptors (Lipinski definition) is 2. The molecule has 2 nitrogen and oxygen atoms in total. The first-order chi connectivity index (χ1) is 8.31. The van der Waals surface area contributed by atoms with Crippen LogP contribution in [0.2, 0.25) is 0 Å². The molecule has 17 heavy (non-hydrogen) atoms. The lowest BCUT2D eigenvalue weighted by atomic mass is 10.0. The molecule has 1 fully saturated rings. The molecule has 2 rings (SSSR count). The highest BCUT2D eigenvalue weighted by Crippen LogP contribution is 2.22. The molecule has 94 valence electrons. The van der Waals surface area contributed by atoms with Crippen molar-refractivity contribution < 1.29 is 9.13 Å². The smallest absolute Gasteiger partial charge is 0.127 e. The van der Waals surface area contributed by atoms with Crippen molar-refractivity contribution in [3.63, 3.8) is 0 Å². The van der Waals surface area contributed by atoms with Crippen molar-refractivity contribution in [1.29, 1.82) is 0 Å². The second-order valence-electron chi connectivity index (χ2n) is 4.54. The molecule has 0 aromatic heterocycles. The Morgan fingerprint density at radius 1 is 1.35 bits per heavy atom. The molecule has 1 aliphatic heterocycles. The van der Waals surface area contributed by atoms with Gasteiger partial charge in [0.25, 0.3) is 0 Å². The molecule has 1 unspecified atom stereocenters. The van der Waals surface area contributed by atoms with Crippen LogP contribution in [0.4, 0.5) is 4.39 Å². The third kappa shape index (κ3) is 3.27. The topological polar surface area (TPSA) is 21.3 Å². The maximum absolute atomic E-state index is 13.7. The highest BCUT2D eigenvalue weighted by molar-refractivity contribution is 5.21. The van der Waals surface area contributed by atoms with Crippen LogP contribution >= 0.6 is 0 Å². The molecule has 0 amide bonds. The van der Waals surface area contributed by atoms with Crippen LogP contribution in [0.5, 0.6) is 0 Å². The van der Waals surface area contributed by atoms with Gasteiger partial charge in [0.15, 0.2) is 0 Å². The van der Waals surface area contributed by atoms with E-state index in [1.165, 1.54) is 6.07 Å². The van der Waals surface area contributed by atoms with Gasteiger partial charge in [0.05, 0.1) is 0 Å². The van der Waals surface area contributed by atoms with E-state index in [0.29, 0.717) is 6.04 Å². The number of rotatable bonds is 4. The van der Waals surface area contributed by atoms with E-state index in [1.807, 2.05) is 12.1 Å². The molecule has 0 bridgehead atoms. The molecule has 0 saturated carbocycles. The minimum Gasteiger partial charge on any atom is -0.381 e. The van der Waals surface area contributed by atoms with Crippen LogP contribution in [-0.4, -0.2) is 19.3 Å². The van der Waals surface area contributed by atoms with Gasteiger partial charge in [0.2, 0.25) is 0 Å². The maximum atomic E-state index is 13.7. The van der Waals surface area contributed by atoms with E-state index in [1.54, 1.807) is 6.07 Å². The third-order valence-electron chi connectivity index (χ3n) is 3.35. The van der Waals surface area contributed by atoms with E-state index in [-0.39, 0.29) is 11.9 Å². The van der Waals surface area contributed by atoms with Crippen LogP contribution in [0, 0.1) is 5.82 Å². The Hall–Kier alpha value is -0.930. The number of benzene rings is 1. The summed E-state index contributed by atoms with van der Waals surface area (Å²) >= 11 is 0. The van der Waals surface area contributed by atoms with Crippen molar-refractivity contribution >= 4 is 0 Å². The van der Waals surface area contributed by atoms with Gasteiger partial charge in [-0.05, 0) is 25.3 Å². The molecule has 0 spiro atoms. The number of hydrogen-bond donors (Lipinski definition) is 1. The van der Waals surface area contributed by atoms with E-state index < -0.39 is 0 Å². The normalized spacial score (nSPS) is 19.2. The zero-order valence-electron chi connectivity index (χ0n) is 10.3. The molecule has 0 aliphatic carbocycles. The van der Waals surface area contributed by atoms with E-state index >= 15 is 0 Å². The second kappa shape index (κ2) is 6.12. The van der Waals surface area contributed by atoms with Gasteiger partial charge in [-0.15, -0.1) is 0 Å². The molecule has 1 atom stereocenters. The van der Waals surface area contributed by atoms with E-state index in [0.717, 1.165) is 38.0 Å². The van der Waals surface area contributed by atoms with E-state index in [2.05, 4.69) is 12.2 Å². The third-order valence-corrected chi connectivity index (χ3v) is 3.35. The number of nitrogens with one attached hydrogen (secondary N) is 1. The van der Waals surface area contributed by atoms with Crippen LogP contribution in [0.1, 0.15) is 37.8 Å². The molecule has 3 heteroatoms. The van der Waals surface area contributed by atoms with Gasteiger partial charge in [-0.3, -0.25) is 0 Å². The first-order valence-corrected chi connectivity index (χ1v) is 6.39. The summed E-state index contributed by atoms with van der Waals surface area (Å²) in [5, 5.41) is 3.54. The average molecular weight is 237 g/mol. The summed E-state index contributed by atoms with van der Waals surface area (Å²) < 4.78 is 19.0. The Kier molecular flexibility index (Phi) is 4.51. The highest BCUT2D eigenvalue weighted by atomic mass is 19.1. The van der Waals surface area contributed by atoms with Gasteiger partial charge < -0.3 is 10.1 Å². The highest BCUT2D eigenvalue weighted by Gasteiger charge is 2.19. The summed E-state index contributed by atoms with van der Waals surface area (Å²) in [7, 11) is 0. The summed E-state index contributed by atoms with van der Waals surface area (Å²) in [6, 6.07) is 7.60. The summed E-state index contributed by atoms with van der Waals surface area (Å²) in [5.41, 5.74) is 0.779. The Morgan fingerprint density at radius 2 is 2.06 bits per heavy atom. The summed E-state index contributed by atoms with van der Waals surface area (Å²) in [5.74, 6) is -0.112. The van der Waals surface area contributed by atoms with Gasteiger partial charge in [0.1, 0.15) is 5.82 Å². The van der Waals surface area contributed by atoms with Crippen molar-refractivity contribution in [2.24, 2.45) is 0 Å². The lowest BCUT2D eigenvalue weighted by Gasteiger charge is -2.28. The van der Waals surface area contributed by atoms with Crippen molar-refractivity contribution in [3.05, 3.63) is 35.6 Å². The largest absolute Gasteiger partial charge is 0.381 e. The molecule has 1 heterocycles. The molecule has 0 radical (unpaired) electrons. The molecular weight excluding hydrogens is 217 g/mol. The van der Waals surface area contributed by atoms with Crippen LogP contribution in [0.15, 0.2) is 24.3 Å². The maximum Gasteiger partial charge on any atom is 0.127 e. The average Bonchev–Trinajstić information content (AvgIpc) is 2.38. The van der Waals surface area contributed by atoms with Gasteiger partial charge in [-0.1, -0.05) is 25.1 Å². The Morgan fingerprint density at radius 3 is 2.71 bits per heavy atom. The van der Waals surface area contributed by atoms with E-state index in [9.17, 15) is 4.39 Å². The molecule has 1 aromatic carbocycles. The fourth-order valence-electron chi connectivity index (χ4n) is 2.33. The zero-order valence-corrected chi connectivity index (χ0v) is 10.3. The SMILES string of the molecule is CCC(NC1CCOCC1)c1ccccc1F. The van der Waals surface area contributed by atoms with Crippen molar-refractivity contribution in [3.8, 4) is 0 Å². The summed E-state index contributed by atoms with van der Waals surface area (Å²) in [6.07, 6.45) is 2.94. The number of halogens is 1. The van der Waals surface area contributed by atoms with E-state index in [4.69, 9.17) is 4.74 Å². The molecule has 1 saturated heterocycles. The minimum atomic E-state index is -0.112. The standard InChI is InChI=1S/C14H20FNO/c1-2-14(12-5-3-4-6-13(12)15)16-11-7-9-17-10-8-11/h3-6,11,14,16H,2,7-10H2,1H3. The lowest BCUT2D eigenvalue weighted by Crippen LogP contribution is -2.37. The first kappa shape index (κ1) is 12.5. The quantitative estimate of drug-likeness (QED) is 0.869. The Labute approximate surface area is 102 Å². The second-order valence-corrected chi connectivity index (χ2v) is 4.54. The summed E-state index contributed by atoms with van der Waals surface area (Å²) in [6.45, 7) is 3.71. The van der Waals surface area contributed by atoms with Crippen LogP contribution < -0.4 is 5.32 Å². The Balaban J connectivity index is 2.03. The van der Waals surface area contributed by atoms with Crippen molar-refractivity contribution in [2.45, 2.75) is 38.3 Å². The first-order valence-electron chi connectivity index (χ1n) is 6.39.